The topological polar surface area (TPSA) is 269 Å². The number of amides is 10. The minimum absolute atomic E-state index is 0.0333. The molecule has 0 spiro atoms. The number of hydrogen-bond donors (Lipinski definition) is 4. The Morgan fingerprint density at radius 3 is 0.689 bits per heavy atom. The highest BCUT2D eigenvalue weighted by Crippen LogP contribution is 2.58. The maximum absolute atomic E-state index is 16.4. The normalized spacial score (nSPS) is 12.1. The van der Waals surface area contributed by atoms with Crippen molar-refractivity contribution in [3.05, 3.63) is 336 Å². The predicted octanol–water partition coefficient (Wildman–Crippen LogP) is 17.8. The van der Waals surface area contributed by atoms with E-state index in [1.807, 2.05) is 48.5 Å². The van der Waals surface area contributed by atoms with Crippen molar-refractivity contribution in [2.75, 3.05) is 49.1 Å². The summed E-state index contributed by atoms with van der Waals surface area (Å²) in [7, 11) is 0. The van der Waals surface area contributed by atoms with Crippen molar-refractivity contribution in [3.8, 4) is 46.0 Å². The summed E-state index contributed by atoms with van der Waals surface area (Å²) >= 11 is 0. The van der Waals surface area contributed by atoms with Crippen LogP contribution in [0.25, 0.3) is 43.1 Å². The molecule has 22 heteroatoms. The second-order valence-corrected chi connectivity index (χ2v) is 30.0. The number of carbonyl (C=O) groups is 10. The number of fused-ring (bicyclic) bond motifs is 2. The molecule has 10 amide bonds. The van der Waals surface area contributed by atoms with Gasteiger partial charge in [-0.3, -0.25) is 67.5 Å². The third-order valence-electron chi connectivity index (χ3n) is 21.2. The highest BCUT2D eigenvalue weighted by Gasteiger charge is 2.44. The first kappa shape index (κ1) is 81.6. The van der Waals surface area contributed by atoms with Crippen LogP contribution in [-0.4, -0.2) is 108 Å². The molecule has 2 heterocycles. The third kappa shape index (κ3) is 17.0. The van der Waals surface area contributed by atoms with Crippen LogP contribution in [0.3, 0.4) is 0 Å². The van der Waals surface area contributed by atoms with Gasteiger partial charge >= 0.3 is 0 Å². The van der Waals surface area contributed by atoms with E-state index >= 15 is 28.8 Å². The number of carbonyl (C=O) groups excluding carboxylic acids is 10. The van der Waals surface area contributed by atoms with Crippen LogP contribution in [0, 0.1) is 0 Å². The molecule has 608 valence electrons. The quantitative estimate of drug-likeness (QED) is 0.0132. The molecule has 0 unspecified atom stereocenters. The molecule has 0 saturated heterocycles. The monoisotopic (exact) mass is 1620 g/mol. The van der Waals surface area contributed by atoms with Crippen molar-refractivity contribution in [2.45, 2.75) is 53.4 Å². The van der Waals surface area contributed by atoms with Crippen molar-refractivity contribution in [1.82, 2.24) is 31.1 Å². The van der Waals surface area contributed by atoms with Gasteiger partial charge in [0, 0.05) is 114 Å². The first-order valence-electron chi connectivity index (χ1n) is 39.7. The van der Waals surface area contributed by atoms with Gasteiger partial charge in [0.1, 0.15) is 59.1 Å². The van der Waals surface area contributed by atoms with E-state index in [1.54, 1.807) is 198 Å². The molecule has 4 N–H and O–H groups in total. The molecule has 22 nitrogen and oxygen atoms in total. The Kier molecular flexibility index (Phi) is 23.6. The molecule has 13 aromatic carbocycles. The first-order chi connectivity index (χ1) is 59.0. The lowest BCUT2D eigenvalue weighted by atomic mass is 9.80. The molecule has 122 heavy (non-hydrogen) atoms. The molecular formula is C100H84N8O14. The maximum Gasteiger partial charge on any atom is 0.262 e. The van der Waals surface area contributed by atoms with Gasteiger partial charge in [0.2, 0.25) is 23.6 Å². The number of hydrogen-bond acceptors (Lipinski definition) is 14. The molecular weight excluding hydrogens is 1540 g/mol. The smallest absolute Gasteiger partial charge is 0.262 e. The summed E-state index contributed by atoms with van der Waals surface area (Å²) in [5.74, 6) is -5.29. The van der Waals surface area contributed by atoms with Crippen molar-refractivity contribution in [1.29, 1.82) is 0 Å². The summed E-state index contributed by atoms with van der Waals surface area (Å²) in [5, 5.41) is 12.7. The van der Waals surface area contributed by atoms with Gasteiger partial charge in [0.05, 0.1) is 22.3 Å². The number of benzene rings is 13. The fourth-order valence-electron chi connectivity index (χ4n) is 15.1. The lowest BCUT2D eigenvalue weighted by Gasteiger charge is -2.33. The zero-order valence-corrected chi connectivity index (χ0v) is 67.5. The van der Waals surface area contributed by atoms with Crippen LogP contribution < -0.4 is 50.0 Å². The molecule has 0 saturated carbocycles. The van der Waals surface area contributed by atoms with Gasteiger partial charge in [-0.15, -0.1) is 0 Å². The summed E-state index contributed by atoms with van der Waals surface area (Å²) in [6.45, 7) is 21.1. The summed E-state index contributed by atoms with van der Waals surface area (Å²) in [6.07, 6.45) is 1.62. The number of nitrogens with one attached hydrogen (secondary N) is 4. The zero-order chi connectivity index (χ0) is 85.6. The van der Waals surface area contributed by atoms with Gasteiger partial charge < -0.3 is 40.2 Å². The fourth-order valence-corrected chi connectivity index (χ4v) is 15.1. The van der Waals surface area contributed by atoms with Crippen molar-refractivity contribution in [3.63, 3.8) is 0 Å². The number of nitrogens with zero attached hydrogens (tertiary/aromatic N) is 4. The number of rotatable bonds is 32. The van der Waals surface area contributed by atoms with E-state index in [0.717, 1.165) is 32.1 Å². The second kappa shape index (κ2) is 35.3. The Bertz CT molecular complexity index is 5670. The number of anilines is 4. The van der Waals surface area contributed by atoms with Crippen LogP contribution >= 0.6 is 0 Å². The van der Waals surface area contributed by atoms with E-state index in [0.29, 0.717) is 70.7 Å². The number of para-hydroxylation sites is 4. The average molecular weight is 1620 g/mol. The number of ether oxygens (including phenoxy) is 4. The third-order valence-corrected chi connectivity index (χ3v) is 21.2. The molecule has 0 aromatic heterocycles. The highest BCUT2D eigenvalue weighted by atomic mass is 16.5. The molecule has 2 aliphatic heterocycles. The average Bonchev–Trinajstić information content (AvgIpc) is 0.670. The Morgan fingerprint density at radius 2 is 0.492 bits per heavy atom. The summed E-state index contributed by atoms with van der Waals surface area (Å²) < 4.78 is 29.3. The van der Waals surface area contributed by atoms with Gasteiger partial charge in [0.15, 0.2) is 0 Å². The molecule has 0 bridgehead atoms. The Labute approximate surface area is 703 Å². The van der Waals surface area contributed by atoms with E-state index in [9.17, 15) is 19.2 Å². The van der Waals surface area contributed by atoms with Crippen molar-refractivity contribution in [2.24, 2.45) is 0 Å². The Morgan fingerprint density at radius 1 is 0.287 bits per heavy atom. The van der Waals surface area contributed by atoms with Crippen LogP contribution in [-0.2, 0) is 54.5 Å². The van der Waals surface area contributed by atoms with Crippen LogP contribution in [0.5, 0.6) is 46.0 Å². The van der Waals surface area contributed by atoms with Gasteiger partial charge in [-0.2, -0.15) is 0 Å². The minimum Gasteiger partial charge on any atom is -0.457 e. The van der Waals surface area contributed by atoms with Crippen LogP contribution in [0.15, 0.2) is 291 Å². The molecule has 0 fully saturated rings. The van der Waals surface area contributed by atoms with E-state index in [2.05, 4.69) is 47.6 Å². The van der Waals surface area contributed by atoms with E-state index < -0.39 is 48.5 Å². The van der Waals surface area contributed by atoms with E-state index in [4.69, 9.17) is 18.9 Å². The minimum atomic E-state index is -0.887. The fraction of sp³-hybridized carbons (Fsp3) is 0.140. The molecule has 2 aliphatic rings. The zero-order valence-electron chi connectivity index (χ0n) is 67.5. The van der Waals surface area contributed by atoms with Gasteiger partial charge in [-0.25, -0.2) is 0 Å². The van der Waals surface area contributed by atoms with E-state index in [-0.39, 0.29) is 161 Å². The van der Waals surface area contributed by atoms with Crippen LogP contribution in [0.1, 0.15) is 91.4 Å². The molecule has 0 atom stereocenters. The lowest BCUT2D eigenvalue weighted by Crippen LogP contribution is -2.46. The summed E-state index contributed by atoms with van der Waals surface area (Å²) in [5.41, 5.74) is 6.02. The highest BCUT2D eigenvalue weighted by molar-refractivity contribution is 6.45. The van der Waals surface area contributed by atoms with Crippen molar-refractivity contribution < 1.29 is 66.9 Å². The van der Waals surface area contributed by atoms with Crippen LogP contribution in [0.2, 0.25) is 0 Å². The molecule has 0 radical (unpaired) electrons. The lowest BCUT2D eigenvalue weighted by molar-refractivity contribution is -0.119. The molecule has 15 rings (SSSR count). The number of imide groups is 2. The Hall–Kier alpha value is -15.6. The maximum atomic E-state index is 16.4. The first-order valence-corrected chi connectivity index (χ1v) is 39.7. The predicted molar refractivity (Wildman–Crippen MR) is 471 cm³/mol. The SMILES string of the molecule is C=C(C)C(=O)NCCc1ccc(Oc2cc3c4c(cc(Oc5ccc(CCNC(=O)C(=C)C)cc5)c5c6c(Oc7ccc(CCNC(=O)C(=C)C)cc7)cc7c8c(cc(Oc9ccc(CCNC(=O)C(=C)C)cc9)c(c2c45)c86)C(=O)N(CC(=O)N(c2ccccc2)c2ccccc2)C7=O)C(=O)N(CC(=O)N(c2ccccc2)c2ccccc2)C3=O)cc1. The van der Waals surface area contributed by atoms with Gasteiger partial charge in [-0.1, -0.05) is 148 Å². The molecule has 13 aromatic rings. The Balaban J connectivity index is 1.02. The largest absolute Gasteiger partial charge is 0.457 e. The van der Waals surface area contributed by atoms with Gasteiger partial charge in [0.25, 0.3) is 35.4 Å². The second-order valence-electron chi connectivity index (χ2n) is 30.0. The summed E-state index contributed by atoms with van der Waals surface area (Å²) in [6, 6.07) is 69.6. The summed E-state index contributed by atoms with van der Waals surface area (Å²) in [4.78, 5) is 152. The van der Waals surface area contributed by atoms with Crippen molar-refractivity contribution >= 4 is 125 Å². The van der Waals surface area contributed by atoms with Gasteiger partial charge in [-0.05, 0) is 197 Å². The molecule has 0 aliphatic carbocycles. The van der Waals surface area contributed by atoms with E-state index in [1.165, 1.54) is 34.1 Å². The standard InChI is InChI=1S/C100H84N8O14/c1-59(2)93(111)101-49-45-63-29-37-71(38-30-63)119-79-53-75-85-76(98(116)105(97(75)115)57-83(109)107(67-21-13-9-14-22-67)68-23-15-10-16-24-68)55-81(121-73-41-33-65(34-42-73)47-51-103-95(113)61(5)6)89-90-82(122-74-43-35-66(36-44-74)48-52-104-96(114)62(7)8)56-78-86-77(99(117)106(100(78)118)58-84(110)108(69-25-17-11-18-26-69)70-27-19-12-20-28-70)54-80(88(92(86)90)87(79)91(85)89)120-72-39-31-64(32-40-72)46-50-102-94(112)60(3)4/h9-44,53-56H,1,3,5,7,45-52,57-58H2,2,4,6,8H3,(H,101,111)(H,102,112)(H,103,113)(H,104,114). The van der Waals surface area contributed by atoms with Crippen LogP contribution in [0.4, 0.5) is 22.7 Å².